The number of aliphatic hydroxyl groups excluding tert-OH is 1. The summed E-state index contributed by atoms with van der Waals surface area (Å²) in [5.41, 5.74) is 2.87. The van der Waals surface area contributed by atoms with E-state index in [4.69, 9.17) is 20.0 Å². The van der Waals surface area contributed by atoms with Gasteiger partial charge in [-0.15, -0.1) is 11.3 Å². The summed E-state index contributed by atoms with van der Waals surface area (Å²) in [7, 11) is -0.590. The molecule has 0 amide bonds. The molecule has 0 spiro atoms. The van der Waals surface area contributed by atoms with Crippen molar-refractivity contribution in [2.75, 3.05) is 27.3 Å². The zero-order valence-electron chi connectivity index (χ0n) is 18.6. The molecular formula is C23H24N4O5S2. The van der Waals surface area contributed by atoms with Crippen molar-refractivity contribution in [3.05, 3.63) is 64.2 Å². The van der Waals surface area contributed by atoms with E-state index in [-0.39, 0.29) is 23.0 Å². The van der Waals surface area contributed by atoms with E-state index in [1.165, 1.54) is 23.5 Å². The third-order valence-electron chi connectivity index (χ3n) is 5.50. The molecule has 2 aromatic carbocycles. The highest BCUT2D eigenvalue weighted by Gasteiger charge is 2.30. The van der Waals surface area contributed by atoms with Crippen molar-refractivity contribution >= 4 is 32.8 Å². The maximum atomic E-state index is 11.4. The number of ether oxygens (including phenoxy) is 2. The first-order valence-electron chi connectivity index (χ1n) is 10.3. The van der Waals surface area contributed by atoms with Crippen molar-refractivity contribution < 1.29 is 23.0 Å². The van der Waals surface area contributed by atoms with Crippen molar-refractivity contribution in [2.24, 2.45) is 5.14 Å². The molecule has 0 bridgehead atoms. The standard InChI is InChI=1S/C23H24N4O5S2/c1-31-19-8-5-15(11-20(19)32-2)17-13-33-23(26-17)21-18(28)12-27(22(21)24)10-9-14-3-6-16(7-4-14)34(25,29)30/h3-8,11,13,24,28H,9-10,12H2,1-2H3,(H2,25,29,30). The van der Waals surface area contributed by atoms with E-state index in [0.717, 1.165) is 11.1 Å². The first kappa shape index (κ1) is 23.7. The fourth-order valence-electron chi connectivity index (χ4n) is 3.68. The largest absolute Gasteiger partial charge is 0.510 e. The van der Waals surface area contributed by atoms with Crippen LogP contribution in [0.5, 0.6) is 11.5 Å². The molecule has 0 unspecified atom stereocenters. The molecule has 4 N–H and O–H groups in total. The Bertz CT molecular complexity index is 1360. The Morgan fingerprint density at radius 2 is 1.85 bits per heavy atom. The number of aliphatic hydroxyl groups is 1. The van der Waals surface area contributed by atoms with Crippen LogP contribution in [0.1, 0.15) is 10.6 Å². The van der Waals surface area contributed by atoms with Crippen LogP contribution in [0.4, 0.5) is 0 Å². The lowest BCUT2D eigenvalue weighted by Gasteiger charge is -2.18. The van der Waals surface area contributed by atoms with Crippen LogP contribution in [0.2, 0.25) is 0 Å². The van der Waals surface area contributed by atoms with E-state index in [1.54, 1.807) is 37.3 Å². The number of thiazole rings is 1. The predicted octanol–water partition coefficient (Wildman–Crippen LogP) is 3.28. The van der Waals surface area contributed by atoms with Gasteiger partial charge in [-0.2, -0.15) is 0 Å². The first-order valence-corrected chi connectivity index (χ1v) is 12.7. The van der Waals surface area contributed by atoms with Crippen LogP contribution in [0.3, 0.4) is 0 Å². The summed E-state index contributed by atoms with van der Waals surface area (Å²) in [6, 6.07) is 11.8. The highest BCUT2D eigenvalue weighted by molar-refractivity contribution is 7.89. The Morgan fingerprint density at radius 3 is 2.50 bits per heavy atom. The Kier molecular flexibility index (Phi) is 6.60. The molecule has 3 aromatic rings. The quantitative estimate of drug-likeness (QED) is 0.431. The van der Waals surface area contributed by atoms with Gasteiger partial charge in [-0.3, -0.25) is 5.41 Å². The third kappa shape index (κ3) is 4.76. The SMILES string of the molecule is COc1ccc(-c2csc(C3=C(O)CN(CCc4ccc(S(N)(=O)=O)cc4)C3=N)n2)cc1OC. The first-order chi connectivity index (χ1) is 16.2. The summed E-state index contributed by atoms with van der Waals surface area (Å²) in [5, 5.41) is 26.7. The van der Waals surface area contributed by atoms with Gasteiger partial charge in [0, 0.05) is 17.5 Å². The van der Waals surface area contributed by atoms with Crippen molar-refractivity contribution in [3.63, 3.8) is 0 Å². The average Bonchev–Trinajstić information content (AvgIpc) is 3.40. The molecule has 9 nitrogen and oxygen atoms in total. The van der Waals surface area contributed by atoms with Crippen LogP contribution in [0, 0.1) is 5.41 Å². The summed E-state index contributed by atoms with van der Waals surface area (Å²) < 4.78 is 33.5. The van der Waals surface area contributed by atoms with Gasteiger partial charge in [-0.25, -0.2) is 18.5 Å². The Balaban J connectivity index is 1.46. The lowest BCUT2D eigenvalue weighted by atomic mass is 10.1. The molecule has 0 saturated carbocycles. The Morgan fingerprint density at radius 1 is 1.15 bits per heavy atom. The van der Waals surface area contributed by atoms with Gasteiger partial charge in [0.15, 0.2) is 11.5 Å². The van der Waals surface area contributed by atoms with Gasteiger partial charge >= 0.3 is 0 Å². The number of nitrogens with two attached hydrogens (primary N) is 1. The topological polar surface area (TPSA) is 139 Å². The molecule has 1 aliphatic rings. The molecule has 0 radical (unpaired) electrons. The van der Waals surface area contributed by atoms with Crippen LogP contribution >= 0.6 is 11.3 Å². The van der Waals surface area contributed by atoms with Gasteiger partial charge in [-0.05, 0) is 42.3 Å². The minimum absolute atomic E-state index is 0.0563. The molecule has 0 atom stereocenters. The molecule has 1 aromatic heterocycles. The van der Waals surface area contributed by atoms with Gasteiger partial charge in [0.25, 0.3) is 0 Å². The molecule has 2 heterocycles. The normalized spacial score (nSPS) is 14.1. The van der Waals surface area contributed by atoms with Crippen molar-refractivity contribution in [1.29, 1.82) is 5.41 Å². The number of hydrogen-bond acceptors (Lipinski definition) is 8. The number of nitrogens with zero attached hydrogens (tertiary/aromatic N) is 2. The number of benzene rings is 2. The second-order valence-electron chi connectivity index (χ2n) is 7.64. The number of amidine groups is 1. The number of sulfonamides is 1. The Labute approximate surface area is 201 Å². The van der Waals surface area contributed by atoms with Crippen LogP contribution < -0.4 is 14.6 Å². The summed E-state index contributed by atoms with van der Waals surface area (Å²) >= 11 is 1.36. The minimum atomic E-state index is -3.73. The second kappa shape index (κ2) is 9.45. The number of nitrogens with one attached hydrogen (secondary N) is 1. The van der Waals surface area contributed by atoms with Gasteiger partial charge < -0.3 is 19.5 Å². The molecule has 1 aliphatic heterocycles. The molecule has 0 fully saturated rings. The highest BCUT2D eigenvalue weighted by atomic mass is 32.2. The monoisotopic (exact) mass is 500 g/mol. The lowest BCUT2D eigenvalue weighted by Crippen LogP contribution is -2.28. The highest BCUT2D eigenvalue weighted by Crippen LogP contribution is 2.35. The van der Waals surface area contributed by atoms with E-state index in [2.05, 4.69) is 4.98 Å². The summed E-state index contributed by atoms with van der Waals surface area (Å²) in [6.07, 6.45) is 0.572. The number of aromatic nitrogens is 1. The summed E-state index contributed by atoms with van der Waals surface area (Å²) in [5.74, 6) is 1.51. The smallest absolute Gasteiger partial charge is 0.238 e. The van der Waals surface area contributed by atoms with Crippen molar-refractivity contribution in [3.8, 4) is 22.8 Å². The molecule has 34 heavy (non-hydrogen) atoms. The van der Waals surface area contributed by atoms with Crippen LogP contribution in [0.25, 0.3) is 16.8 Å². The maximum Gasteiger partial charge on any atom is 0.238 e. The van der Waals surface area contributed by atoms with Crippen LogP contribution in [-0.2, 0) is 16.4 Å². The third-order valence-corrected chi connectivity index (χ3v) is 7.29. The number of hydrogen-bond donors (Lipinski definition) is 3. The maximum absolute atomic E-state index is 11.4. The van der Waals surface area contributed by atoms with E-state index in [9.17, 15) is 13.5 Å². The fourth-order valence-corrected chi connectivity index (χ4v) is 5.09. The number of methoxy groups -OCH3 is 2. The van der Waals surface area contributed by atoms with E-state index in [1.807, 2.05) is 17.5 Å². The van der Waals surface area contributed by atoms with Gasteiger partial charge in [0.2, 0.25) is 10.0 Å². The summed E-state index contributed by atoms with van der Waals surface area (Å²) in [4.78, 5) is 6.46. The van der Waals surface area contributed by atoms with Crippen molar-refractivity contribution in [2.45, 2.75) is 11.3 Å². The van der Waals surface area contributed by atoms with Crippen LogP contribution in [0.15, 0.2) is 58.5 Å². The van der Waals surface area contributed by atoms with E-state index >= 15 is 0 Å². The second-order valence-corrected chi connectivity index (χ2v) is 10.1. The van der Waals surface area contributed by atoms with Gasteiger partial charge in [-0.1, -0.05) is 12.1 Å². The lowest BCUT2D eigenvalue weighted by molar-refractivity contribution is 0.351. The van der Waals surface area contributed by atoms with E-state index < -0.39 is 10.0 Å². The summed E-state index contributed by atoms with van der Waals surface area (Å²) in [6.45, 7) is 0.698. The predicted molar refractivity (Wildman–Crippen MR) is 131 cm³/mol. The average molecular weight is 501 g/mol. The van der Waals surface area contributed by atoms with E-state index in [0.29, 0.717) is 40.7 Å². The van der Waals surface area contributed by atoms with Crippen molar-refractivity contribution in [1.82, 2.24) is 9.88 Å². The molecule has 0 aliphatic carbocycles. The Hall–Kier alpha value is -3.41. The van der Waals surface area contributed by atoms with Gasteiger partial charge in [0.1, 0.15) is 16.6 Å². The zero-order valence-corrected chi connectivity index (χ0v) is 20.2. The number of primary sulfonamides is 1. The molecule has 4 rings (SSSR count). The minimum Gasteiger partial charge on any atom is -0.510 e. The molecular weight excluding hydrogens is 476 g/mol. The fraction of sp³-hybridized carbons (Fsp3) is 0.217. The zero-order chi connectivity index (χ0) is 24.5. The molecule has 11 heteroatoms. The number of rotatable bonds is 8. The molecule has 178 valence electrons. The van der Waals surface area contributed by atoms with Crippen LogP contribution in [-0.4, -0.2) is 56.6 Å². The molecule has 0 saturated heterocycles. The van der Waals surface area contributed by atoms with Gasteiger partial charge in [0.05, 0.1) is 36.9 Å².